The van der Waals surface area contributed by atoms with Crippen molar-refractivity contribution in [2.24, 2.45) is 5.92 Å². The third kappa shape index (κ3) is 3.21. The number of carbonyl (C=O) groups is 1. The fourth-order valence-corrected chi connectivity index (χ4v) is 2.54. The largest absolute Gasteiger partial charge is 0.384 e. The second-order valence-corrected chi connectivity index (χ2v) is 5.51. The lowest BCUT2D eigenvalue weighted by atomic mass is 10.1. The van der Waals surface area contributed by atoms with E-state index in [9.17, 15) is 4.79 Å². The Bertz CT molecular complexity index is 471. The minimum absolute atomic E-state index is 0. The van der Waals surface area contributed by atoms with Crippen LogP contribution in [0.1, 0.15) is 35.2 Å². The summed E-state index contributed by atoms with van der Waals surface area (Å²) in [5.74, 6) is 1.04. The van der Waals surface area contributed by atoms with E-state index >= 15 is 0 Å². The third-order valence-electron chi connectivity index (χ3n) is 3.98. The van der Waals surface area contributed by atoms with E-state index in [1.54, 1.807) is 0 Å². The van der Waals surface area contributed by atoms with Crippen LogP contribution < -0.4 is 5.32 Å². The zero-order valence-corrected chi connectivity index (χ0v) is 12.1. The highest BCUT2D eigenvalue weighted by Crippen LogP contribution is 2.32. The molecule has 1 aromatic rings. The molecule has 1 fully saturated rings. The number of carbonyl (C=O) groups excluding carboxylic acids is 1. The maximum atomic E-state index is 12.3. The Labute approximate surface area is 120 Å². The Hall–Kier alpha value is -1.22. The second-order valence-electron chi connectivity index (χ2n) is 5.51. The van der Waals surface area contributed by atoms with Crippen LogP contribution in [0, 0.1) is 5.92 Å². The van der Waals surface area contributed by atoms with Crippen LogP contribution in [0.5, 0.6) is 0 Å². The molecular formula is C15H21ClN2O. The number of fused-ring (bicyclic) bond motifs is 1. The number of hydrogen-bond donors (Lipinski definition) is 1. The zero-order valence-electron chi connectivity index (χ0n) is 11.3. The summed E-state index contributed by atoms with van der Waals surface area (Å²) in [5, 5.41) is 3.32. The van der Waals surface area contributed by atoms with E-state index in [0.29, 0.717) is 0 Å². The van der Waals surface area contributed by atoms with Crippen molar-refractivity contribution in [1.29, 1.82) is 0 Å². The smallest absolute Gasteiger partial charge is 0.253 e. The molecule has 2 aliphatic rings. The van der Waals surface area contributed by atoms with Crippen LogP contribution in [-0.4, -0.2) is 30.9 Å². The van der Waals surface area contributed by atoms with Gasteiger partial charge in [-0.15, -0.1) is 12.4 Å². The molecule has 4 heteroatoms. The quantitative estimate of drug-likeness (QED) is 0.920. The summed E-state index contributed by atoms with van der Waals surface area (Å²) in [6, 6.07) is 6.02. The molecule has 0 unspecified atom stereocenters. The van der Waals surface area contributed by atoms with Gasteiger partial charge in [-0.05, 0) is 42.5 Å². The molecule has 1 aromatic carbocycles. The molecule has 1 N–H and O–H groups in total. The second kappa shape index (κ2) is 5.83. The Morgan fingerprint density at radius 2 is 2.21 bits per heavy atom. The minimum Gasteiger partial charge on any atom is -0.384 e. The summed E-state index contributed by atoms with van der Waals surface area (Å²) in [4.78, 5) is 14.1. The van der Waals surface area contributed by atoms with Gasteiger partial charge in [0.2, 0.25) is 0 Å². The van der Waals surface area contributed by atoms with Crippen molar-refractivity contribution in [3.8, 4) is 0 Å². The lowest BCUT2D eigenvalue weighted by Crippen LogP contribution is -2.28. The van der Waals surface area contributed by atoms with Gasteiger partial charge in [0.1, 0.15) is 0 Å². The van der Waals surface area contributed by atoms with E-state index in [4.69, 9.17) is 0 Å². The number of halogens is 1. The highest BCUT2D eigenvalue weighted by molar-refractivity contribution is 5.94. The van der Waals surface area contributed by atoms with Crippen molar-refractivity contribution in [1.82, 2.24) is 4.90 Å². The van der Waals surface area contributed by atoms with Gasteiger partial charge in [-0.2, -0.15) is 0 Å². The van der Waals surface area contributed by atoms with Gasteiger partial charge in [0.25, 0.3) is 5.91 Å². The van der Waals surface area contributed by atoms with Crippen molar-refractivity contribution < 1.29 is 4.79 Å². The van der Waals surface area contributed by atoms with Gasteiger partial charge in [-0.3, -0.25) is 4.79 Å². The molecular weight excluding hydrogens is 260 g/mol. The molecule has 1 saturated carbocycles. The van der Waals surface area contributed by atoms with Gasteiger partial charge in [0.15, 0.2) is 0 Å². The van der Waals surface area contributed by atoms with Gasteiger partial charge >= 0.3 is 0 Å². The Balaban J connectivity index is 0.00000133. The molecule has 104 valence electrons. The molecule has 1 amide bonds. The first kappa shape index (κ1) is 14.2. The van der Waals surface area contributed by atoms with Crippen LogP contribution in [-0.2, 0) is 6.42 Å². The van der Waals surface area contributed by atoms with Crippen molar-refractivity contribution in [2.45, 2.75) is 25.7 Å². The number of amides is 1. The van der Waals surface area contributed by atoms with Crippen LogP contribution >= 0.6 is 12.4 Å². The number of anilines is 1. The molecule has 0 bridgehead atoms. The van der Waals surface area contributed by atoms with E-state index in [1.807, 2.05) is 30.1 Å². The SMILES string of the molecule is CN(CCC1CC1)C(=O)c1ccc2c(c1)CCN2.Cl. The molecule has 0 radical (unpaired) electrons. The predicted molar refractivity (Wildman–Crippen MR) is 80.2 cm³/mol. The van der Waals surface area contributed by atoms with Crippen molar-refractivity contribution in [3.05, 3.63) is 29.3 Å². The van der Waals surface area contributed by atoms with Crippen LogP contribution in [0.4, 0.5) is 5.69 Å². The Morgan fingerprint density at radius 1 is 1.42 bits per heavy atom. The van der Waals surface area contributed by atoms with Gasteiger partial charge in [0.05, 0.1) is 0 Å². The Morgan fingerprint density at radius 3 is 2.95 bits per heavy atom. The number of rotatable bonds is 4. The third-order valence-corrected chi connectivity index (χ3v) is 3.98. The summed E-state index contributed by atoms with van der Waals surface area (Å²) >= 11 is 0. The number of nitrogens with zero attached hydrogens (tertiary/aromatic N) is 1. The van der Waals surface area contributed by atoms with Crippen molar-refractivity contribution >= 4 is 24.0 Å². The summed E-state index contributed by atoms with van der Waals surface area (Å²) in [6.07, 6.45) is 4.90. The maximum absolute atomic E-state index is 12.3. The van der Waals surface area contributed by atoms with E-state index in [-0.39, 0.29) is 18.3 Å². The fourth-order valence-electron chi connectivity index (χ4n) is 2.54. The van der Waals surface area contributed by atoms with Crippen LogP contribution in [0.25, 0.3) is 0 Å². The zero-order chi connectivity index (χ0) is 12.5. The molecule has 0 atom stereocenters. The average molecular weight is 281 g/mol. The van der Waals surface area contributed by atoms with Crippen molar-refractivity contribution in [3.63, 3.8) is 0 Å². The van der Waals surface area contributed by atoms with Gasteiger partial charge in [0, 0.05) is 31.4 Å². The molecule has 0 saturated heterocycles. The molecule has 1 heterocycles. The van der Waals surface area contributed by atoms with E-state index < -0.39 is 0 Å². The molecule has 0 spiro atoms. The summed E-state index contributed by atoms with van der Waals surface area (Å²) < 4.78 is 0. The topological polar surface area (TPSA) is 32.3 Å². The van der Waals surface area contributed by atoms with Crippen LogP contribution in [0.15, 0.2) is 18.2 Å². The first-order valence-corrected chi connectivity index (χ1v) is 6.86. The molecule has 1 aliphatic carbocycles. The van der Waals surface area contributed by atoms with E-state index in [2.05, 4.69) is 5.32 Å². The summed E-state index contributed by atoms with van der Waals surface area (Å²) in [6.45, 7) is 1.88. The van der Waals surface area contributed by atoms with Gasteiger partial charge in [-0.25, -0.2) is 0 Å². The summed E-state index contributed by atoms with van der Waals surface area (Å²) in [5.41, 5.74) is 3.29. The average Bonchev–Trinajstić information content (AvgIpc) is 3.10. The highest BCUT2D eigenvalue weighted by atomic mass is 35.5. The van der Waals surface area contributed by atoms with Crippen molar-refractivity contribution in [2.75, 3.05) is 25.5 Å². The van der Waals surface area contributed by atoms with Gasteiger partial charge < -0.3 is 10.2 Å². The Kier molecular flexibility index (Phi) is 4.35. The molecule has 19 heavy (non-hydrogen) atoms. The summed E-state index contributed by atoms with van der Waals surface area (Å²) in [7, 11) is 1.91. The van der Waals surface area contributed by atoms with Crippen LogP contribution in [0.2, 0.25) is 0 Å². The van der Waals surface area contributed by atoms with Crippen LogP contribution in [0.3, 0.4) is 0 Å². The normalized spacial score (nSPS) is 16.3. The maximum Gasteiger partial charge on any atom is 0.253 e. The number of hydrogen-bond acceptors (Lipinski definition) is 2. The standard InChI is InChI=1S/C15H20N2O.ClH/c1-17(9-7-11-2-3-11)15(18)13-4-5-14-12(10-13)6-8-16-14;/h4-5,10-11,16H,2-3,6-9H2,1H3;1H. The minimum atomic E-state index is 0. The number of nitrogens with one attached hydrogen (secondary N) is 1. The fraction of sp³-hybridized carbons (Fsp3) is 0.533. The van der Waals surface area contributed by atoms with E-state index in [0.717, 1.165) is 37.4 Å². The lowest BCUT2D eigenvalue weighted by molar-refractivity contribution is 0.0791. The van der Waals surface area contributed by atoms with Gasteiger partial charge in [-0.1, -0.05) is 12.8 Å². The number of benzene rings is 1. The monoisotopic (exact) mass is 280 g/mol. The highest BCUT2D eigenvalue weighted by Gasteiger charge is 2.23. The molecule has 3 nitrogen and oxygen atoms in total. The van der Waals surface area contributed by atoms with E-state index in [1.165, 1.54) is 24.1 Å². The predicted octanol–water partition coefficient (Wildman–Crippen LogP) is 2.95. The molecule has 0 aromatic heterocycles. The molecule has 3 rings (SSSR count). The first-order valence-electron chi connectivity index (χ1n) is 6.86. The first-order chi connectivity index (χ1) is 8.74. The molecule has 1 aliphatic heterocycles. The lowest BCUT2D eigenvalue weighted by Gasteiger charge is -2.17.